The van der Waals surface area contributed by atoms with Gasteiger partial charge >= 0.3 is 5.97 Å². The zero-order valence-electron chi connectivity index (χ0n) is 28.6. The van der Waals surface area contributed by atoms with Gasteiger partial charge in [0.25, 0.3) is 0 Å². The molecule has 0 aliphatic carbocycles. The minimum absolute atomic E-state index is 0.0578. The lowest BCUT2D eigenvalue weighted by Gasteiger charge is -2.43. The second kappa shape index (κ2) is 28.7. The van der Waals surface area contributed by atoms with E-state index < -0.39 is 112 Å². The Hall–Kier alpha value is -1.01. The summed E-state index contributed by atoms with van der Waals surface area (Å²) in [4.78, 5) is 12.6. The highest BCUT2D eigenvalue weighted by molar-refractivity contribution is 5.70. The van der Waals surface area contributed by atoms with Crippen LogP contribution in [0.3, 0.4) is 0 Å². The first-order chi connectivity index (χ1) is 22.9. The molecule has 0 rings (SSSR count). The van der Waals surface area contributed by atoms with E-state index in [-0.39, 0.29) is 32.3 Å². The Balaban J connectivity index is 6.15. The number of unbranched alkanes of at least 4 members (excludes halogenated alkanes) is 8. The smallest absolute Gasteiger partial charge is 0.306 e. The lowest BCUT2D eigenvalue weighted by Crippen LogP contribution is -2.43. The van der Waals surface area contributed by atoms with Crippen LogP contribution < -0.4 is 0 Å². The number of aliphatic hydroxyl groups is 12. The molecule has 48 heavy (non-hydrogen) atoms. The minimum Gasteiger partial charge on any atom is -0.481 e. The zero-order valence-corrected chi connectivity index (χ0v) is 28.6. The van der Waals surface area contributed by atoms with Crippen LogP contribution in [0.15, 0.2) is 0 Å². The van der Waals surface area contributed by atoms with Crippen LogP contribution in [0.2, 0.25) is 0 Å². The fraction of sp³-hybridized carbons (Fsp3) is 0.971. The fourth-order valence-electron chi connectivity index (χ4n) is 7.06. The van der Waals surface area contributed by atoms with Gasteiger partial charge in [-0.05, 0) is 62.2 Å². The average Bonchev–Trinajstić information content (AvgIpc) is 3.08. The van der Waals surface area contributed by atoms with E-state index in [9.17, 15) is 66.1 Å². The van der Waals surface area contributed by atoms with Crippen LogP contribution in [0.25, 0.3) is 0 Å². The number of rotatable bonds is 33. The van der Waals surface area contributed by atoms with Gasteiger partial charge in [-0.25, -0.2) is 0 Å². The Labute approximate surface area is 285 Å². The predicted molar refractivity (Wildman–Crippen MR) is 178 cm³/mol. The molecule has 0 aliphatic heterocycles. The van der Waals surface area contributed by atoms with Crippen molar-refractivity contribution in [3.63, 3.8) is 0 Å². The molecular formula is C34H68O14. The molecule has 0 aromatic carbocycles. The van der Waals surface area contributed by atoms with Gasteiger partial charge in [0.15, 0.2) is 0 Å². The number of carboxylic acid groups (broad SMARTS) is 1. The quantitative estimate of drug-likeness (QED) is 0.0385. The third-order valence-corrected chi connectivity index (χ3v) is 9.65. The molecule has 11 atom stereocenters. The van der Waals surface area contributed by atoms with Crippen molar-refractivity contribution in [3.8, 4) is 0 Å². The maximum absolute atomic E-state index is 12.6. The van der Waals surface area contributed by atoms with Gasteiger partial charge in [-0.1, -0.05) is 64.2 Å². The van der Waals surface area contributed by atoms with Gasteiger partial charge in [-0.15, -0.1) is 0 Å². The Morgan fingerprint density at radius 3 is 1.12 bits per heavy atom. The standard InChI is InChI=1S/C34H68O14/c35-17-24(41)11-9-7-5-3-1-2-4-6-8-10-23(12-25(42)18-36)30(13-26(43)19-37)31(14-27(44)20-38)32(15-28(45)21-39)33(34(47)48)16-29(46)22-40/h23-33,35-46H,1-22H2,(H,47,48). The van der Waals surface area contributed by atoms with E-state index in [1.807, 2.05) is 0 Å². The summed E-state index contributed by atoms with van der Waals surface area (Å²) >= 11 is 0. The highest BCUT2D eigenvalue weighted by Gasteiger charge is 2.43. The molecule has 0 radical (unpaired) electrons. The van der Waals surface area contributed by atoms with Crippen LogP contribution in [0.1, 0.15) is 103 Å². The van der Waals surface area contributed by atoms with Crippen molar-refractivity contribution in [1.29, 1.82) is 0 Å². The summed E-state index contributed by atoms with van der Waals surface area (Å²) in [7, 11) is 0. The first-order valence-electron chi connectivity index (χ1n) is 17.8. The second-order valence-corrected chi connectivity index (χ2v) is 13.7. The normalized spacial score (nSPS) is 19.1. The number of hydrogen-bond donors (Lipinski definition) is 13. The molecule has 0 heterocycles. The molecule has 14 heteroatoms. The van der Waals surface area contributed by atoms with Crippen molar-refractivity contribution in [3.05, 3.63) is 0 Å². The van der Waals surface area contributed by atoms with Crippen LogP contribution in [0.5, 0.6) is 0 Å². The molecule has 0 aromatic heterocycles. The summed E-state index contributed by atoms with van der Waals surface area (Å²) < 4.78 is 0. The van der Waals surface area contributed by atoms with Crippen molar-refractivity contribution >= 4 is 5.97 Å². The Morgan fingerprint density at radius 2 is 0.708 bits per heavy atom. The summed E-state index contributed by atoms with van der Waals surface area (Å²) in [6.45, 7) is -3.51. The zero-order chi connectivity index (χ0) is 36.5. The topological polar surface area (TPSA) is 280 Å². The Kier molecular flexibility index (Phi) is 28.1. The minimum atomic E-state index is -1.42. The molecular weight excluding hydrogens is 632 g/mol. The van der Waals surface area contributed by atoms with E-state index in [2.05, 4.69) is 0 Å². The summed E-state index contributed by atoms with van der Waals surface area (Å²) in [6.07, 6.45) is 1.37. The SMILES string of the molecule is O=C(O)C(CC(O)CO)C(CC(O)CO)C(CC(O)CO)C(CC(O)CO)C(CCCCCCCCCCCC(O)CO)CC(O)CO. The molecule has 13 N–H and O–H groups in total. The Morgan fingerprint density at radius 1 is 0.375 bits per heavy atom. The summed E-state index contributed by atoms with van der Waals surface area (Å²) in [5, 5.41) is 130. The first kappa shape index (κ1) is 47.0. The molecule has 0 saturated carbocycles. The van der Waals surface area contributed by atoms with Crippen molar-refractivity contribution < 1.29 is 71.2 Å². The number of aliphatic carboxylic acids is 1. The van der Waals surface area contributed by atoms with Crippen LogP contribution in [0, 0.1) is 29.6 Å². The van der Waals surface area contributed by atoms with Crippen molar-refractivity contribution in [1.82, 2.24) is 0 Å². The van der Waals surface area contributed by atoms with Gasteiger partial charge < -0.3 is 66.4 Å². The van der Waals surface area contributed by atoms with Gasteiger partial charge in [0.2, 0.25) is 0 Å². The lowest BCUT2D eigenvalue weighted by atomic mass is 9.63. The van der Waals surface area contributed by atoms with E-state index >= 15 is 0 Å². The average molecular weight is 701 g/mol. The number of hydrogen-bond acceptors (Lipinski definition) is 13. The van der Waals surface area contributed by atoms with Crippen LogP contribution >= 0.6 is 0 Å². The van der Waals surface area contributed by atoms with Crippen LogP contribution in [-0.4, -0.2) is 149 Å². The molecule has 0 fully saturated rings. The van der Waals surface area contributed by atoms with Gasteiger partial charge in [0.1, 0.15) is 0 Å². The van der Waals surface area contributed by atoms with Gasteiger partial charge in [0.05, 0.1) is 82.2 Å². The van der Waals surface area contributed by atoms with E-state index in [1.165, 1.54) is 0 Å². The Bertz CT molecular complexity index is 761. The summed E-state index contributed by atoms with van der Waals surface area (Å²) in [6, 6.07) is 0. The van der Waals surface area contributed by atoms with E-state index in [4.69, 9.17) is 5.11 Å². The maximum atomic E-state index is 12.6. The molecule has 0 amide bonds. The highest BCUT2D eigenvalue weighted by Crippen LogP contribution is 2.44. The van der Waals surface area contributed by atoms with Crippen molar-refractivity contribution in [2.75, 3.05) is 39.6 Å². The summed E-state index contributed by atoms with van der Waals surface area (Å²) in [5.74, 6) is -5.77. The van der Waals surface area contributed by atoms with E-state index in [0.717, 1.165) is 51.4 Å². The molecule has 11 unspecified atom stereocenters. The number of aliphatic hydroxyl groups excluding tert-OH is 12. The monoisotopic (exact) mass is 700 g/mol. The third-order valence-electron chi connectivity index (χ3n) is 9.65. The van der Waals surface area contributed by atoms with Gasteiger partial charge in [-0.3, -0.25) is 4.79 Å². The predicted octanol–water partition coefficient (Wildman–Crippen LogP) is -0.487. The second-order valence-electron chi connectivity index (χ2n) is 13.7. The summed E-state index contributed by atoms with van der Waals surface area (Å²) in [5.41, 5.74) is 0. The fourth-order valence-corrected chi connectivity index (χ4v) is 7.06. The van der Waals surface area contributed by atoms with Crippen LogP contribution in [-0.2, 0) is 4.79 Å². The largest absolute Gasteiger partial charge is 0.481 e. The highest BCUT2D eigenvalue weighted by atomic mass is 16.4. The molecule has 0 aromatic rings. The molecule has 0 bridgehead atoms. The molecule has 0 saturated heterocycles. The molecule has 0 spiro atoms. The molecule has 14 nitrogen and oxygen atoms in total. The number of carboxylic acids is 1. The van der Waals surface area contributed by atoms with E-state index in [0.29, 0.717) is 19.3 Å². The van der Waals surface area contributed by atoms with Gasteiger partial charge in [-0.2, -0.15) is 0 Å². The maximum Gasteiger partial charge on any atom is 0.306 e. The van der Waals surface area contributed by atoms with Crippen molar-refractivity contribution in [2.24, 2.45) is 29.6 Å². The molecule has 288 valence electrons. The van der Waals surface area contributed by atoms with Crippen LogP contribution in [0.4, 0.5) is 0 Å². The van der Waals surface area contributed by atoms with E-state index in [1.54, 1.807) is 0 Å². The number of carbonyl (C=O) groups is 1. The lowest BCUT2D eigenvalue weighted by molar-refractivity contribution is -0.148. The van der Waals surface area contributed by atoms with Crippen molar-refractivity contribution in [2.45, 2.75) is 139 Å². The molecule has 0 aliphatic rings. The first-order valence-corrected chi connectivity index (χ1v) is 17.8. The van der Waals surface area contributed by atoms with Gasteiger partial charge in [0, 0.05) is 0 Å². The third kappa shape index (κ3) is 20.6.